The van der Waals surface area contributed by atoms with Crippen LogP contribution in [-0.4, -0.2) is 34.3 Å². The second kappa shape index (κ2) is 6.47. The van der Waals surface area contributed by atoms with Gasteiger partial charge in [-0.1, -0.05) is 13.8 Å². The number of carbonyl (C=O) groups excluding carboxylic acids is 1. The number of amides is 1. The molecule has 6 heteroatoms. The number of carbonyl (C=O) groups is 1. The van der Waals surface area contributed by atoms with E-state index in [9.17, 15) is 4.79 Å². The van der Waals surface area contributed by atoms with E-state index < -0.39 is 0 Å². The Labute approximate surface area is 126 Å². The lowest BCUT2D eigenvalue weighted by atomic mass is 10.0. The molecule has 1 aromatic heterocycles. The maximum Gasteiger partial charge on any atom is 0.240 e. The molecule has 0 saturated carbocycles. The van der Waals surface area contributed by atoms with Crippen LogP contribution >= 0.6 is 0 Å². The van der Waals surface area contributed by atoms with Crippen LogP contribution in [0.5, 0.6) is 0 Å². The fourth-order valence-corrected chi connectivity index (χ4v) is 3.04. The molecule has 118 valence electrons. The first-order chi connectivity index (χ1) is 9.91. The van der Waals surface area contributed by atoms with Crippen molar-refractivity contribution in [3.8, 4) is 0 Å². The highest BCUT2D eigenvalue weighted by atomic mass is 16.1. The lowest BCUT2D eigenvalue weighted by Gasteiger charge is -2.36. The Hall–Kier alpha value is -1.56. The highest BCUT2D eigenvalue weighted by molar-refractivity contribution is 5.83. The molecular weight excluding hydrogens is 266 g/mol. The molecule has 0 aliphatic carbocycles. The first-order valence-corrected chi connectivity index (χ1v) is 7.73. The molecule has 0 aromatic carbocycles. The number of rotatable bonds is 5. The van der Waals surface area contributed by atoms with E-state index in [1.54, 1.807) is 0 Å². The number of nitrogens with zero attached hydrogens (tertiary/aromatic N) is 3. The topological polar surface area (TPSA) is 76.2 Å². The van der Waals surface area contributed by atoms with Crippen molar-refractivity contribution in [3.05, 3.63) is 11.3 Å². The van der Waals surface area contributed by atoms with Crippen molar-refractivity contribution >= 4 is 11.7 Å². The summed E-state index contributed by atoms with van der Waals surface area (Å²) in [4.78, 5) is 13.9. The summed E-state index contributed by atoms with van der Waals surface area (Å²) in [7, 11) is 1.94. The first kappa shape index (κ1) is 15.8. The van der Waals surface area contributed by atoms with Crippen LogP contribution in [0.4, 0.5) is 5.82 Å². The number of aryl methyl sites for hydroxylation is 2. The summed E-state index contributed by atoms with van der Waals surface area (Å²) in [5.74, 6) is 0.792. The van der Waals surface area contributed by atoms with E-state index in [0.29, 0.717) is 6.04 Å². The predicted molar refractivity (Wildman–Crippen MR) is 84.1 cm³/mol. The minimum atomic E-state index is -0.240. The minimum Gasteiger partial charge on any atom is -0.368 e. The summed E-state index contributed by atoms with van der Waals surface area (Å²) < 4.78 is 1.88. The maximum absolute atomic E-state index is 11.8. The Balaban J connectivity index is 2.34. The monoisotopic (exact) mass is 293 g/mol. The third-order valence-electron chi connectivity index (χ3n) is 4.10. The van der Waals surface area contributed by atoms with E-state index in [1.807, 2.05) is 18.7 Å². The van der Waals surface area contributed by atoms with Gasteiger partial charge < -0.3 is 16.0 Å². The molecule has 1 aromatic rings. The summed E-state index contributed by atoms with van der Waals surface area (Å²) in [6.07, 6.45) is 2.97. The number of anilines is 1. The molecule has 21 heavy (non-hydrogen) atoms. The average Bonchev–Trinajstić information content (AvgIpc) is 2.70. The minimum absolute atomic E-state index is 0.216. The van der Waals surface area contributed by atoms with Gasteiger partial charge in [-0.15, -0.1) is 0 Å². The van der Waals surface area contributed by atoms with Crippen LogP contribution in [-0.2, 0) is 18.4 Å². The van der Waals surface area contributed by atoms with Crippen molar-refractivity contribution in [1.29, 1.82) is 0 Å². The Morgan fingerprint density at radius 3 is 2.81 bits per heavy atom. The molecule has 2 rings (SSSR count). The Kier molecular flexibility index (Phi) is 4.88. The number of piperidine rings is 1. The molecule has 1 atom stereocenters. The SMILES string of the molecule is Cc1nn(C)c(N2CCCCC2C(N)=O)c1CNC(C)C. The van der Waals surface area contributed by atoms with Gasteiger partial charge in [0.05, 0.1) is 5.69 Å². The fourth-order valence-electron chi connectivity index (χ4n) is 3.04. The van der Waals surface area contributed by atoms with E-state index in [1.165, 1.54) is 5.56 Å². The Morgan fingerprint density at radius 1 is 1.48 bits per heavy atom. The van der Waals surface area contributed by atoms with Gasteiger partial charge in [0.15, 0.2) is 0 Å². The predicted octanol–water partition coefficient (Wildman–Crippen LogP) is 1.07. The highest BCUT2D eigenvalue weighted by Crippen LogP contribution is 2.29. The van der Waals surface area contributed by atoms with Gasteiger partial charge in [0.1, 0.15) is 11.9 Å². The molecule has 3 N–H and O–H groups in total. The van der Waals surface area contributed by atoms with Crippen molar-refractivity contribution in [3.63, 3.8) is 0 Å². The zero-order valence-corrected chi connectivity index (χ0v) is 13.5. The molecule has 1 saturated heterocycles. The van der Waals surface area contributed by atoms with E-state index in [2.05, 4.69) is 29.2 Å². The molecule has 0 spiro atoms. The van der Waals surface area contributed by atoms with Crippen molar-refractivity contribution in [1.82, 2.24) is 15.1 Å². The fraction of sp³-hybridized carbons (Fsp3) is 0.733. The molecule has 1 amide bonds. The molecular formula is C15H27N5O. The van der Waals surface area contributed by atoms with Gasteiger partial charge in [-0.05, 0) is 26.2 Å². The normalized spacial score (nSPS) is 19.3. The second-order valence-electron chi connectivity index (χ2n) is 6.15. The van der Waals surface area contributed by atoms with E-state index in [4.69, 9.17) is 5.73 Å². The Morgan fingerprint density at radius 2 is 2.19 bits per heavy atom. The molecule has 2 heterocycles. The zero-order chi connectivity index (χ0) is 15.6. The molecule has 0 radical (unpaired) electrons. The average molecular weight is 293 g/mol. The number of aromatic nitrogens is 2. The van der Waals surface area contributed by atoms with Gasteiger partial charge in [0, 0.05) is 31.7 Å². The van der Waals surface area contributed by atoms with Crippen LogP contribution in [0.1, 0.15) is 44.4 Å². The van der Waals surface area contributed by atoms with Crippen molar-refractivity contribution in [2.24, 2.45) is 12.8 Å². The number of hydrogen-bond donors (Lipinski definition) is 2. The third-order valence-corrected chi connectivity index (χ3v) is 4.10. The molecule has 1 aliphatic rings. The molecule has 0 bridgehead atoms. The van der Waals surface area contributed by atoms with Gasteiger partial charge in [0.25, 0.3) is 0 Å². The smallest absolute Gasteiger partial charge is 0.240 e. The van der Waals surface area contributed by atoms with Gasteiger partial charge in [-0.2, -0.15) is 5.10 Å². The molecule has 1 unspecified atom stereocenters. The number of nitrogens with two attached hydrogens (primary N) is 1. The lowest BCUT2D eigenvalue weighted by Crippen LogP contribution is -2.49. The highest BCUT2D eigenvalue weighted by Gasteiger charge is 2.31. The van der Waals surface area contributed by atoms with Crippen LogP contribution in [0.2, 0.25) is 0 Å². The molecule has 1 aliphatic heterocycles. The largest absolute Gasteiger partial charge is 0.368 e. The lowest BCUT2D eigenvalue weighted by molar-refractivity contribution is -0.119. The van der Waals surface area contributed by atoms with Crippen molar-refractivity contribution in [2.75, 3.05) is 11.4 Å². The second-order valence-corrected chi connectivity index (χ2v) is 6.15. The summed E-state index contributed by atoms with van der Waals surface area (Å²) in [5, 5.41) is 7.98. The van der Waals surface area contributed by atoms with E-state index in [0.717, 1.165) is 43.9 Å². The van der Waals surface area contributed by atoms with Crippen LogP contribution in [0.3, 0.4) is 0 Å². The van der Waals surface area contributed by atoms with E-state index >= 15 is 0 Å². The van der Waals surface area contributed by atoms with Crippen LogP contribution in [0.15, 0.2) is 0 Å². The standard InChI is InChI=1S/C15H27N5O/c1-10(2)17-9-12-11(3)18-19(4)15(12)20-8-6-5-7-13(20)14(16)21/h10,13,17H,5-9H2,1-4H3,(H2,16,21). The first-order valence-electron chi connectivity index (χ1n) is 7.73. The van der Waals surface area contributed by atoms with Gasteiger partial charge in [-0.25, -0.2) is 0 Å². The summed E-state index contributed by atoms with van der Waals surface area (Å²) >= 11 is 0. The molecule has 1 fully saturated rings. The van der Waals surface area contributed by atoms with Gasteiger partial charge >= 0.3 is 0 Å². The number of primary amides is 1. The number of hydrogen-bond acceptors (Lipinski definition) is 4. The maximum atomic E-state index is 11.8. The summed E-state index contributed by atoms with van der Waals surface area (Å²) in [6, 6.07) is 0.192. The van der Waals surface area contributed by atoms with Gasteiger partial charge in [0.2, 0.25) is 5.91 Å². The van der Waals surface area contributed by atoms with Crippen molar-refractivity contribution in [2.45, 2.75) is 58.7 Å². The zero-order valence-electron chi connectivity index (χ0n) is 13.5. The van der Waals surface area contributed by atoms with Crippen LogP contribution < -0.4 is 16.0 Å². The molecule has 6 nitrogen and oxygen atoms in total. The summed E-state index contributed by atoms with van der Waals surface area (Å²) in [6.45, 7) is 7.89. The van der Waals surface area contributed by atoms with Gasteiger partial charge in [-0.3, -0.25) is 9.48 Å². The van der Waals surface area contributed by atoms with E-state index in [-0.39, 0.29) is 11.9 Å². The third kappa shape index (κ3) is 3.37. The Bertz CT molecular complexity index is 508. The quantitative estimate of drug-likeness (QED) is 0.851. The van der Waals surface area contributed by atoms with Crippen LogP contribution in [0.25, 0.3) is 0 Å². The van der Waals surface area contributed by atoms with Crippen molar-refractivity contribution < 1.29 is 4.79 Å². The number of nitrogens with one attached hydrogen (secondary N) is 1. The van der Waals surface area contributed by atoms with Crippen LogP contribution in [0, 0.1) is 6.92 Å². The summed E-state index contributed by atoms with van der Waals surface area (Å²) in [5.41, 5.74) is 7.77.